The van der Waals surface area contributed by atoms with E-state index >= 15 is 0 Å². The molecule has 0 spiro atoms. The lowest BCUT2D eigenvalue weighted by molar-refractivity contribution is -0.148. The maximum Gasteiger partial charge on any atom is 0.312 e. The lowest BCUT2D eigenvalue weighted by Gasteiger charge is -2.38. The molecule has 0 aliphatic carbocycles. The van der Waals surface area contributed by atoms with Crippen LogP contribution in [0.1, 0.15) is 41.6 Å². The maximum absolute atomic E-state index is 13.4. The van der Waals surface area contributed by atoms with Crippen LogP contribution in [0.15, 0.2) is 54.6 Å². The van der Waals surface area contributed by atoms with Gasteiger partial charge in [0, 0.05) is 19.7 Å². The van der Waals surface area contributed by atoms with Gasteiger partial charge in [-0.2, -0.15) is 0 Å². The van der Waals surface area contributed by atoms with Gasteiger partial charge >= 0.3 is 5.97 Å². The fourth-order valence-electron chi connectivity index (χ4n) is 4.23. The second-order valence-corrected chi connectivity index (χ2v) is 7.26. The first-order chi connectivity index (χ1) is 13.1. The maximum atomic E-state index is 13.4. The lowest BCUT2D eigenvalue weighted by Crippen LogP contribution is -2.45. The van der Waals surface area contributed by atoms with Crippen LogP contribution in [-0.4, -0.2) is 35.0 Å². The highest BCUT2D eigenvalue weighted by Gasteiger charge is 2.39. The van der Waals surface area contributed by atoms with E-state index in [9.17, 15) is 14.7 Å². The number of fused-ring (bicyclic) bond motifs is 1. The van der Waals surface area contributed by atoms with Crippen molar-refractivity contribution in [2.45, 2.75) is 31.4 Å². The van der Waals surface area contributed by atoms with Crippen LogP contribution < -0.4 is 0 Å². The SMILES string of the molecule is O=C(O)C1CN(C(=O)C2CCCOC2c2ccccc2)Cc2ccccc21. The predicted octanol–water partition coefficient (Wildman–Crippen LogP) is 3.36. The molecule has 4 rings (SSSR count). The number of benzene rings is 2. The van der Waals surface area contributed by atoms with Crippen LogP contribution in [0.4, 0.5) is 0 Å². The molecule has 2 aromatic rings. The van der Waals surface area contributed by atoms with Crippen molar-refractivity contribution >= 4 is 11.9 Å². The van der Waals surface area contributed by atoms with Gasteiger partial charge in [0.2, 0.25) is 5.91 Å². The van der Waals surface area contributed by atoms with Crippen molar-refractivity contribution in [2.24, 2.45) is 5.92 Å². The number of carboxylic acids is 1. The monoisotopic (exact) mass is 365 g/mol. The zero-order valence-electron chi connectivity index (χ0n) is 15.1. The molecule has 2 heterocycles. The van der Waals surface area contributed by atoms with Crippen LogP contribution in [0.2, 0.25) is 0 Å². The summed E-state index contributed by atoms with van der Waals surface area (Å²) < 4.78 is 5.97. The Labute approximate surface area is 158 Å². The van der Waals surface area contributed by atoms with Crippen molar-refractivity contribution in [3.63, 3.8) is 0 Å². The Kier molecular flexibility index (Phi) is 4.94. The smallest absolute Gasteiger partial charge is 0.312 e. The Balaban J connectivity index is 1.61. The summed E-state index contributed by atoms with van der Waals surface area (Å²) in [5.41, 5.74) is 2.73. The first-order valence-corrected chi connectivity index (χ1v) is 9.41. The molecule has 27 heavy (non-hydrogen) atoms. The summed E-state index contributed by atoms with van der Waals surface area (Å²) in [5, 5.41) is 9.66. The number of aliphatic carboxylic acids is 1. The van der Waals surface area contributed by atoms with Crippen LogP contribution in [0.3, 0.4) is 0 Å². The highest BCUT2D eigenvalue weighted by atomic mass is 16.5. The molecule has 0 bridgehead atoms. The minimum atomic E-state index is -0.889. The van der Waals surface area contributed by atoms with E-state index in [1.54, 1.807) is 4.90 Å². The second-order valence-electron chi connectivity index (χ2n) is 7.26. The average Bonchev–Trinajstić information content (AvgIpc) is 2.73. The normalized spacial score (nSPS) is 24.9. The van der Waals surface area contributed by atoms with Crippen LogP contribution in [0.5, 0.6) is 0 Å². The molecule has 1 N–H and O–H groups in total. The van der Waals surface area contributed by atoms with Gasteiger partial charge in [0.05, 0.1) is 17.9 Å². The van der Waals surface area contributed by atoms with Crippen LogP contribution in [-0.2, 0) is 20.9 Å². The Morgan fingerprint density at radius 3 is 2.56 bits per heavy atom. The zero-order chi connectivity index (χ0) is 18.8. The van der Waals surface area contributed by atoms with E-state index < -0.39 is 11.9 Å². The Hall–Kier alpha value is -2.66. The molecule has 2 aliphatic rings. The standard InChI is InChI=1S/C22H23NO4/c24-21(18-11-6-12-27-20(18)15-7-2-1-3-8-15)23-13-16-9-4-5-10-17(16)19(14-23)22(25)26/h1-5,7-10,18-20H,6,11-14H2,(H,25,26). The van der Waals surface area contributed by atoms with E-state index in [0.29, 0.717) is 13.2 Å². The molecule has 0 radical (unpaired) electrons. The molecule has 2 aliphatic heterocycles. The fourth-order valence-corrected chi connectivity index (χ4v) is 4.23. The number of amides is 1. The molecule has 0 aromatic heterocycles. The first-order valence-electron chi connectivity index (χ1n) is 9.41. The quantitative estimate of drug-likeness (QED) is 0.906. The summed E-state index contributed by atoms with van der Waals surface area (Å²) in [6.07, 6.45) is 1.33. The number of carbonyl (C=O) groups excluding carboxylic acids is 1. The topological polar surface area (TPSA) is 66.8 Å². The van der Waals surface area contributed by atoms with Gasteiger partial charge in [-0.25, -0.2) is 0 Å². The van der Waals surface area contributed by atoms with Gasteiger partial charge in [-0.1, -0.05) is 54.6 Å². The van der Waals surface area contributed by atoms with Crippen molar-refractivity contribution < 1.29 is 19.4 Å². The summed E-state index contributed by atoms with van der Waals surface area (Å²) >= 11 is 0. The Bertz CT molecular complexity index is 835. The summed E-state index contributed by atoms with van der Waals surface area (Å²) in [6.45, 7) is 1.31. The summed E-state index contributed by atoms with van der Waals surface area (Å²) in [4.78, 5) is 26.9. The van der Waals surface area contributed by atoms with E-state index in [1.807, 2.05) is 54.6 Å². The van der Waals surface area contributed by atoms with Gasteiger partial charge in [0.15, 0.2) is 0 Å². The average molecular weight is 365 g/mol. The largest absolute Gasteiger partial charge is 0.481 e. The third kappa shape index (κ3) is 3.47. The molecule has 3 unspecified atom stereocenters. The Morgan fingerprint density at radius 2 is 1.78 bits per heavy atom. The second kappa shape index (κ2) is 7.53. The van der Waals surface area contributed by atoms with E-state index in [2.05, 4.69) is 0 Å². The van der Waals surface area contributed by atoms with Crippen LogP contribution in [0, 0.1) is 5.92 Å². The molecule has 1 amide bonds. The number of carbonyl (C=O) groups is 2. The van der Waals surface area contributed by atoms with Crippen molar-refractivity contribution in [1.82, 2.24) is 4.90 Å². The molecule has 0 saturated carbocycles. The third-order valence-electron chi connectivity index (χ3n) is 5.57. The van der Waals surface area contributed by atoms with E-state index in [0.717, 1.165) is 29.5 Å². The molecular weight excluding hydrogens is 342 g/mol. The third-order valence-corrected chi connectivity index (χ3v) is 5.57. The Morgan fingerprint density at radius 1 is 1.04 bits per heavy atom. The molecule has 5 nitrogen and oxygen atoms in total. The molecule has 2 aromatic carbocycles. The minimum Gasteiger partial charge on any atom is -0.481 e. The van der Waals surface area contributed by atoms with Gasteiger partial charge in [-0.05, 0) is 29.5 Å². The number of ether oxygens (including phenoxy) is 1. The number of carboxylic acid groups (broad SMARTS) is 1. The van der Waals surface area contributed by atoms with E-state index in [1.165, 1.54) is 0 Å². The van der Waals surface area contributed by atoms with Gasteiger partial charge in [0.25, 0.3) is 0 Å². The molecule has 3 atom stereocenters. The summed E-state index contributed by atoms with van der Waals surface area (Å²) in [6, 6.07) is 17.3. The number of rotatable bonds is 3. The minimum absolute atomic E-state index is 0.00990. The van der Waals surface area contributed by atoms with Gasteiger partial charge in [0.1, 0.15) is 0 Å². The van der Waals surface area contributed by atoms with E-state index in [-0.39, 0.29) is 24.5 Å². The molecular formula is C22H23NO4. The van der Waals surface area contributed by atoms with Gasteiger partial charge in [-0.15, -0.1) is 0 Å². The number of nitrogens with zero attached hydrogens (tertiary/aromatic N) is 1. The highest BCUT2D eigenvalue weighted by molar-refractivity contribution is 5.83. The molecule has 1 fully saturated rings. The zero-order valence-corrected chi connectivity index (χ0v) is 15.1. The predicted molar refractivity (Wildman–Crippen MR) is 100 cm³/mol. The fraction of sp³-hybridized carbons (Fsp3) is 0.364. The van der Waals surface area contributed by atoms with Gasteiger partial charge < -0.3 is 14.7 Å². The van der Waals surface area contributed by atoms with Crippen molar-refractivity contribution in [1.29, 1.82) is 0 Å². The van der Waals surface area contributed by atoms with Crippen molar-refractivity contribution in [2.75, 3.05) is 13.2 Å². The molecule has 1 saturated heterocycles. The van der Waals surface area contributed by atoms with Gasteiger partial charge in [-0.3, -0.25) is 9.59 Å². The lowest BCUT2D eigenvalue weighted by atomic mass is 9.85. The van der Waals surface area contributed by atoms with Crippen LogP contribution in [0.25, 0.3) is 0 Å². The molecule has 140 valence electrons. The van der Waals surface area contributed by atoms with Crippen molar-refractivity contribution in [3.8, 4) is 0 Å². The van der Waals surface area contributed by atoms with Crippen molar-refractivity contribution in [3.05, 3.63) is 71.3 Å². The summed E-state index contributed by atoms with van der Waals surface area (Å²) in [7, 11) is 0. The summed E-state index contributed by atoms with van der Waals surface area (Å²) in [5.74, 6) is -1.86. The van der Waals surface area contributed by atoms with E-state index in [4.69, 9.17) is 4.74 Å². The first kappa shape index (κ1) is 17.7. The highest BCUT2D eigenvalue weighted by Crippen LogP contribution is 2.37. The number of hydrogen-bond acceptors (Lipinski definition) is 3. The number of hydrogen-bond donors (Lipinski definition) is 1. The van der Waals surface area contributed by atoms with Crippen LogP contribution >= 0.6 is 0 Å². The molecule has 5 heteroatoms.